The molecular weight excluding hydrogens is 298 g/mol. The van der Waals surface area contributed by atoms with Crippen LogP contribution >= 0.6 is 0 Å². The minimum atomic E-state index is -0.119. The molecule has 0 saturated carbocycles. The molecule has 0 radical (unpaired) electrons. The van der Waals surface area contributed by atoms with Gasteiger partial charge >= 0.3 is 0 Å². The number of unbranched alkanes of at least 4 members (excludes halogenated alkanes) is 1. The number of hydrogen-bond acceptors (Lipinski definition) is 2. The van der Waals surface area contributed by atoms with E-state index in [4.69, 9.17) is 0 Å². The SMILES string of the molecule is CCCC=CC(=O)c1cccccc(C(=O)c2ccccc2)[nH]c1. The zero-order valence-electron chi connectivity index (χ0n) is 13.7. The molecular formula is C21H21NO2. The lowest BCUT2D eigenvalue weighted by Crippen LogP contribution is -2.02. The zero-order valence-corrected chi connectivity index (χ0v) is 13.7. The van der Waals surface area contributed by atoms with E-state index in [1.165, 1.54) is 0 Å². The molecule has 0 unspecified atom stereocenters. The second kappa shape index (κ2) is 9.26. The van der Waals surface area contributed by atoms with Gasteiger partial charge in [0.05, 0.1) is 5.69 Å². The second-order valence-corrected chi connectivity index (χ2v) is 5.32. The molecule has 1 heterocycles. The number of ketones is 2. The predicted molar refractivity (Wildman–Crippen MR) is 96.7 cm³/mol. The number of carbonyl (C=O) groups excluding carboxylic acids is 2. The van der Waals surface area contributed by atoms with Crippen molar-refractivity contribution < 1.29 is 9.59 Å². The number of H-pyrrole nitrogens is 1. The fourth-order valence-electron chi connectivity index (χ4n) is 2.12. The third kappa shape index (κ3) is 5.06. The maximum Gasteiger partial charge on any atom is 0.209 e. The van der Waals surface area contributed by atoms with E-state index in [9.17, 15) is 9.59 Å². The van der Waals surface area contributed by atoms with Crippen molar-refractivity contribution in [3.8, 4) is 0 Å². The molecule has 2 rings (SSSR count). The van der Waals surface area contributed by atoms with Crippen molar-refractivity contribution in [1.82, 2.24) is 4.98 Å². The fraction of sp³-hybridized carbons (Fsp3) is 0.143. The van der Waals surface area contributed by atoms with Gasteiger partial charge in [0.15, 0.2) is 5.78 Å². The smallest absolute Gasteiger partial charge is 0.209 e. The van der Waals surface area contributed by atoms with Crippen LogP contribution < -0.4 is 0 Å². The van der Waals surface area contributed by atoms with Crippen molar-refractivity contribution in [2.24, 2.45) is 0 Å². The van der Waals surface area contributed by atoms with Crippen LogP contribution in [0.4, 0.5) is 0 Å². The molecule has 0 aliphatic heterocycles. The standard InChI is InChI=1S/C21H21NO2/c1-2-3-6-15-20(23)18-13-9-5-10-14-19(22-16-18)21(24)17-11-7-4-8-12-17/h4-16,22H,2-3H2,1H3. The van der Waals surface area contributed by atoms with Gasteiger partial charge in [0, 0.05) is 17.3 Å². The van der Waals surface area contributed by atoms with Gasteiger partial charge in [-0.05, 0) is 24.6 Å². The van der Waals surface area contributed by atoms with Crippen molar-refractivity contribution in [2.75, 3.05) is 0 Å². The molecule has 0 saturated heterocycles. The van der Waals surface area contributed by atoms with E-state index in [0.717, 1.165) is 12.8 Å². The van der Waals surface area contributed by atoms with Gasteiger partial charge in [-0.1, -0.05) is 68.0 Å². The molecule has 1 aromatic carbocycles. The van der Waals surface area contributed by atoms with Crippen LogP contribution in [0.1, 0.15) is 46.2 Å². The Hall–Kier alpha value is -2.94. The summed E-state index contributed by atoms with van der Waals surface area (Å²) in [5.74, 6) is -0.208. The first-order valence-electron chi connectivity index (χ1n) is 8.04. The van der Waals surface area contributed by atoms with Crippen LogP contribution in [0.15, 0.2) is 79.0 Å². The Morgan fingerprint density at radius 1 is 0.917 bits per heavy atom. The van der Waals surface area contributed by atoms with E-state index < -0.39 is 0 Å². The summed E-state index contributed by atoms with van der Waals surface area (Å²) in [6, 6.07) is 17.8. The fourth-order valence-corrected chi connectivity index (χ4v) is 2.12. The van der Waals surface area contributed by atoms with E-state index >= 15 is 0 Å². The van der Waals surface area contributed by atoms with E-state index in [1.54, 1.807) is 54.7 Å². The molecule has 3 nitrogen and oxygen atoms in total. The van der Waals surface area contributed by atoms with Gasteiger partial charge in [0.25, 0.3) is 0 Å². The maximum atomic E-state index is 12.6. The van der Waals surface area contributed by atoms with Crippen molar-refractivity contribution in [3.05, 3.63) is 95.8 Å². The average Bonchev–Trinajstić information content (AvgIpc) is 2.74. The average molecular weight is 319 g/mol. The topological polar surface area (TPSA) is 49.9 Å². The molecule has 0 atom stereocenters. The van der Waals surface area contributed by atoms with Crippen molar-refractivity contribution in [1.29, 1.82) is 0 Å². The summed E-state index contributed by atoms with van der Waals surface area (Å²) in [7, 11) is 0. The number of hydrogen-bond donors (Lipinski definition) is 1. The first-order valence-corrected chi connectivity index (χ1v) is 8.04. The molecule has 0 amide bonds. The summed E-state index contributed by atoms with van der Waals surface area (Å²) >= 11 is 0. The highest BCUT2D eigenvalue weighted by Crippen LogP contribution is 2.07. The Labute approximate surface area is 142 Å². The molecule has 0 bridgehead atoms. The van der Waals surface area contributed by atoms with Crippen molar-refractivity contribution >= 4 is 11.6 Å². The summed E-state index contributed by atoms with van der Waals surface area (Å²) in [6.45, 7) is 2.06. The third-order valence-electron chi connectivity index (χ3n) is 3.43. The monoisotopic (exact) mass is 319 g/mol. The Balaban J connectivity index is 2.36. The highest BCUT2D eigenvalue weighted by molar-refractivity contribution is 6.07. The number of benzene rings is 1. The molecule has 0 fully saturated rings. The summed E-state index contributed by atoms with van der Waals surface area (Å²) in [5, 5.41) is 0. The van der Waals surface area contributed by atoms with Crippen LogP contribution in [0.25, 0.3) is 0 Å². The van der Waals surface area contributed by atoms with Gasteiger partial charge in [-0.3, -0.25) is 9.59 Å². The lowest BCUT2D eigenvalue weighted by atomic mass is 10.1. The predicted octanol–water partition coefficient (Wildman–Crippen LogP) is 4.91. The Morgan fingerprint density at radius 2 is 1.54 bits per heavy atom. The summed E-state index contributed by atoms with van der Waals surface area (Å²) in [4.78, 5) is 27.7. The van der Waals surface area contributed by atoms with Crippen LogP contribution in [-0.4, -0.2) is 16.6 Å². The summed E-state index contributed by atoms with van der Waals surface area (Å²) in [6.07, 6.45) is 6.89. The van der Waals surface area contributed by atoms with Crippen LogP contribution in [0.2, 0.25) is 0 Å². The molecule has 1 N–H and O–H groups in total. The quantitative estimate of drug-likeness (QED) is 0.607. The number of allylic oxidation sites excluding steroid dienone is 2. The minimum absolute atomic E-state index is 0.0889. The third-order valence-corrected chi connectivity index (χ3v) is 3.43. The van der Waals surface area contributed by atoms with Gasteiger partial charge in [-0.2, -0.15) is 0 Å². The minimum Gasteiger partial charge on any atom is -0.358 e. The Bertz CT molecular complexity index is 771. The van der Waals surface area contributed by atoms with Crippen LogP contribution in [0.5, 0.6) is 0 Å². The molecule has 3 heteroatoms. The van der Waals surface area contributed by atoms with E-state index in [-0.39, 0.29) is 11.6 Å². The van der Waals surface area contributed by atoms with Crippen LogP contribution in [0, 0.1) is 0 Å². The normalized spacial score (nSPS) is 10.4. The van der Waals surface area contributed by atoms with E-state index in [1.807, 2.05) is 24.3 Å². The second-order valence-electron chi connectivity index (χ2n) is 5.32. The Kier molecular flexibility index (Phi) is 6.72. The molecule has 2 aromatic rings. The summed E-state index contributed by atoms with van der Waals surface area (Å²) in [5.41, 5.74) is 1.52. The van der Waals surface area contributed by atoms with Crippen LogP contribution in [0.3, 0.4) is 0 Å². The molecule has 24 heavy (non-hydrogen) atoms. The van der Waals surface area contributed by atoms with E-state index in [2.05, 4.69) is 11.9 Å². The largest absolute Gasteiger partial charge is 0.358 e. The number of carbonyl (C=O) groups is 2. The van der Waals surface area contributed by atoms with Crippen molar-refractivity contribution in [3.63, 3.8) is 0 Å². The van der Waals surface area contributed by atoms with E-state index in [0.29, 0.717) is 16.8 Å². The number of rotatable bonds is 6. The van der Waals surface area contributed by atoms with Gasteiger partial charge < -0.3 is 4.98 Å². The number of aromatic nitrogens is 1. The molecule has 0 aliphatic carbocycles. The van der Waals surface area contributed by atoms with Gasteiger partial charge in [0.2, 0.25) is 5.78 Å². The molecule has 0 aliphatic rings. The summed E-state index contributed by atoms with van der Waals surface area (Å²) < 4.78 is 0. The van der Waals surface area contributed by atoms with Gasteiger partial charge in [-0.25, -0.2) is 0 Å². The molecule has 1 aromatic heterocycles. The van der Waals surface area contributed by atoms with Crippen LogP contribution in [-0.2, 0) is 0 Å². The van der Waals surface area contributed by atoms with Gasteiger partial charge in [-0.15, -0.1) is 0 Å². The highest BCUT2D eigenvalue weighted by Gasteiger charge is 2.07. The number of nitrogens with one attached hydrogen (secondary N) is 1. The zero-order chi connectivity index (χ0) is 17.2. The molecule has 0 spiro atoms. The maximum absolute atomic E-state index is 12.6. The lowest BCUT2D eigenvalue weighted by molar-refractivity contribution is 0.102. The Morgan fingerprint density at radius 3 is 2.21 bits per heavy atom. The van der Waals surface area contributed by atoms with Gasteiger partial charge in [0.1, 0.15) is 0 Å². The molecule has 122 valence electrons. The first-order chi connectivity index (χ1) is 11.7. The highest BCUT2D eigenvalue weighted by atomic mass is 16.1. The number of aromatic amines is 1. The van der Waals surface area contributed by atoms with Crippen molar-refractivity contribution in [2.45, 2.75) is 19.8 Å². The lowest BCUT2D eigenvalue weighted by Gasteiger charge is -1.99. The first kappa shape index (κ1) is 17.4.